The summed E-state index contributed by atoms with van der Waals surface area (Å²) in [6.45, 7) is 1.43. The molecule has 8 nitrogen and oxygen atoms in total. The predicted octanol–water partition coefficient (Wildman–Crippen LogP) is 4.46. The first-order valence-electron chi connectivity index (χ1n) is 11.1. The van der Waals surface area contributed by atoms with Gasteiger partial charge >= 0.3 is 12.2 Å². The molecule has 0 radical (unpaired) electrons. The first kappa shape index (κ1) is 20.8. The highest BCUT2D eigenvalue weighted by atomic mass is 19.4. The van der Waals surface area contributed by atoms with Crippen LogP contribution in [0.3, 0.4) is 0 Å². The maximum atomic E-state index is 13.8. The summed E-state index contributed by atoms with van der Waals surface area (Å²) < 4.78 is 41.3. The fraction of sp³-hybridized carbons (Fsp3) is 0.348. The van der Waals surface area contributed by atoms with Crippen molar-refractivity contribution in [3.8, 4) is 11.3 Å². The van der Waals surface area contributed by atoms with Gasteiger partial charge in [0.1, 0.15) is 0 Å². The largest absolute Gasteiger partial charge is 0.418 e. The highest BCUT2D eigenvalue weighted by Gasteiger charge is 2.42. The molecule has 3 aliphatic rings. The van der Waals surface area contributed by atoms with Gasteiger partial charge in [-0.15, -0.1) is 0 Å². The lowest BCUT2D eigenvalue weighted by Gasteiger charge is -2.35. The predicted molar refractivity (Wildman–Crippen MR) is 119 cm³/mol. The van der Waals surface area contributed by atoms with Crippen LogP contribution in [0.1, 0.15) is 36.4 Å². The molecule has 1 aliphatic carbocycles. The van der Waals surface area contributed by atoms with Crippen LogP contribution in [0.15, 0.2) is 43.0 Å². The number of carbonyl (C=O) groups excluding carboxylic acids is 1. The van der Waals surface area contributed by atoms with Gasteiger partial charge in [-0.25, -0.2) is 14.8 Å². The van der Waals surface area contributed by atoms with E-state index >= 15 is 0 Å². The Morgan fingerprint density at radius 2 is 1.94 bits per heavy atom. The molecule has 3 aromatic heterocycles. The number of pyridine rings is 2. The molecule has 2 bridgehead atoms. The van der Waals surface area contributed by atoms with Crippen molar-refractivity contribution in [2.24, 2.45) is 0 Å². The second-order valence-corrected chi connectivity index (χ2v) is 8.75. The summed E-state index contributed by atoms with van der Waals surface area (Å²) in [5.74, 6) is 0.582. The molecule has 11 heteroatoms. The topological polar surface area (TPSA) is 87.1 Å². The number of anilines is 3. The monoisotopic (exact) mass is 467 g/mol. The Morgan fingerprint density at radius 1 is 1.09 bits per heavy atom. The fourth-order valence-electron chi connectivity index (χ4n) is 4.69. The fourth-order valence-corrected chi connectivity index (χ4v) is 4.69. The van der Waals surface area contributed by atoms with Gasteiger partial charge in [-0.05, 0) is 37.5 Å². The molecule has 2 amide bonds. The van der Waals surface area contributed by atoms with Gasteiger partial charge in [-0.2, -0.15) is 13.2 Å². The summed E-state index contributed by atoms with van der Waals surface area (Å²) in [5.41, 5.74) is 0.752. The molecular weight excluding hydrogens is 447 g/mol. The summed E-state index contributed by atoms with van der Waals surface area (Å²) in [7, 11) is 0. The molecule has 3 aromatic rings. The minimum Gasteiger partial charge on any atom is -0.366 e. The Balaban J connectivity index is 1.39. The molecule has 6 rings (SSSR count). The lowest BCUT2D eigenvalue weighted by Crippen LogP contribution is -2.48. The zero-order valence-electron chi connectivity index (χ0n) is 18.0. The summed E-state index contributed by atoms with van der Waals surface area (Å²) in [6, 6.07) is 4.11. The van der Waals surface area contributed by atoms with Crippen molar-refractivity contribution >= 4 is 23.4 Å². The molecule has 0 aromatic carbocycles. The van der Waals surface area contributed by atoms with Crippen molar-refractivity contribution in [2.75, 3.05) is 28.2 Å². The van der Waals surface area contributed by atoms with E-state index in [2.05, 4.69) is 30.2 Å². The van der Waals surface area contributed by atoms with Gasteiger partial charge in [0, 0.05) is 43.2 Å². The molecule has 1 N–H and O–H groups in total. The Hall–Kier alpha value is -3.76. The van der Waals surface area contributed by atoms with Crippen LogP contribution in [-0.2, 0) is 6.18 Å². The standard InChI is InChI=1S/C23H20F3N7O/c24-23(25,26)16-9-14(10-29-20(16)13-1-2-13)17-3-4-18-21(30-17)33(15-5-8-32(18)12-15)22(34)31-19-11-27-6-7-28-19/h3-4,6-7,9-11,13,15H,1-2,5,8,12H2,(H,28,31,34)/t15-/m0/s1. The van der Waals surface area contributed by atoms with Crippen molar-refractivity contribution in [3.05, 3.63) is 54.2 Å². The van der Waals surface area contributed by atoms with Gasteiger partial charge in [0.25, 0.3) is 0 Å². The SMILES string of the molecule is O=C(Nc1cnccn1)N1c2nc(-c3cnc(C4CC4)c(C(F)(F)F)c3)ccc2N2CC[C@H]1C2. The second-order valence-electron chi connectivity index (χ2n) is 8.75. The smallest absolute Gasteiger partial charge is 0.366 e. The highest BCUT2D eigenvalue weighted by molar-refractivity contribution is 6.04. The van der Waals surface area contributed by atoms with E-state index in [1.165, 1.54) is 24.8 Å². The highest BCUT2D eigenvalue weighted by Crippen LogP contribution is 2.46. The van der Waals surface area contributed by atoms with Crippen LogP contribution in [-0.4, -0.2) is 45.1 Å². The van der Waals surface area contributed by atoms with Gasteiger partial charge in [-0.3, -0.25) is 20.2 Å². The number of carbonyl (C=O) groups is 1. The number of rotatable bonds is 3. The average molecular weight is 467 g/mol. The Bertz CT molecular complexity index is 1260. The summed E-state index contributed by atoms with van der Waals surface area (Å²) >= 11 is 0. The van der Waals surface area contributed by atoms with Gasteiger partial charge < -0.3 is 4.90 Å². The van der Waals surface area contributed by atoms with E-state index in [0.29, 0.717) is 23.9 Å². The Kier molecular flexibility index (Phi) is 4.68. The molecule has 1 atom stereocenters. The Labute approximate surface area is 192 Å². The van der Waals surface area contributed by atoms with Gasteiger partial charge in [-0.1, -0.05) is 0 Å². The molecule has 1 saturated heterocycles. The van der Waals surface area contributed by atoms with E-state index in [0.717, 1.165) is 37.6 Å². The average Bonchev–Trinajstić information content (AvgIpc) is 3.59. The number of alkyl halides is 3. The molecule has 174 valence electrons. The minimum atomic E-state index is -4.50. The van der Waals surface area contributed by atoms with Crippen LogP contribution in [0.25, 0.3) is 11.3 Å². The third kappa shape index (κ3) is 3.61. The number of fused-ring (bicyclic) bond motifs is 4. The summed E-state index contributed by atoms with van der Waals surface area (Å²) in [5, 5.41) is 2.74. The number of nitrogens with zero attached hydrogens (tertiary/aromatic N) is 6. The number of halogens is 3. The van der Waals surface area contributed by atoms with Crippen LogP contribution in [0.2, 0.25) is 0 Å². The summed E-state index contributed by atoms with van der Waals surface area (Å²) in [6.07, 6.45) is 3.58. The quantitative estimate of drug-likeness (QED) is 0.612. The van der Waals surface area contributed by atoms with Crippen molar-refractivity contribution in [1.82, 2.24) is 19.9 Å². The number of hydrogen-bond acceptors (Lipinski definition) is 6. The third-order valence-corrected chi connectivity index (χ3v) is 6.45. The van der Waals surface area contributed by atoms with Crippen molar-refractivity contribution in [1.29, 1.82) is 0 Å². The van der Waals surface area contributed by atoms with Crippen LogP contribution in [0.5, 0.6) is 0 Å². The first-order valence-corrected chi connectivity index (χ1v) is 11.1. The van der Waals surface area contributed by atoms with Gasteiger partial charge in [0.2, 0.25) is 0 Å². The van der Waals surface area contributed by atoms with Gasteiger partial charge in [0.15, 0.2) is 11.6 Å². The molecule has 0 spiro atoms. The number of amides is 2. The van der Waals surface area contributed by atoms with E-state index < -0.39 is 17.8 Å². The maximum Gasteiger partial charge on any atom is 0.418 e. The lowest BCUT2D eigenvalue weighted by atomic mass is 10.0. The second kappa shape index (κ2) is 7.64. The Morgan fingerprint density at radius 3 is 2.68 bits per heavy atom. The maximum absolute atomic E-state index is 13.8. The zero-order valence-corrected chi connectivity index (χ0v) is 18.0. The molecule has 2 fully saturated rings. The molecular formula is C23H20F3N7O. The van der Waals surface area contributed by atoms with Crippen molar-refractivity contribution in [3.63, 3.8) is 0 Å². The number of urea groups is 1. The van der Waals surface area contributed by atoms with Crippen molar-refractivity contribution < 1.29 is 18.0 Å². The molecule has 1 saturated carbocycles. The molecule has 34 heavy (non-hydrogen) atoms. The van der Waals surface area contributed by atoms with Crippen LogP contribution < -0.4 is 15.1 Å². The van der Waals surface area contributed by atoms with Crippen molar-refractivity contribution in [2.45, 2.75) is 37.4 Å². The van der Waals surface area contributed by atoms with E-state index in [-0.39, 0.29) is 23.2 Å². The number of hydrogen-bond donors (Lipinski definition) is 1. The number of nitrogens with one attached hydrogen (secondary N) is 1. The van der Waals surface area contributed by atoms with E-state index in [9.17, 15) is 18.0 Å². The molecule has 2 aliphatic heterocycles. The number of aromatic nitrogens is 4. The minimum absolute atomic E-state index is 0.100. The normalized spacial score (nSPS) is 19.2. The van der Waals surface area contributed by atoms with Gasteiger partial charge in [0.05, 0.1) is 34.9 Å². The third-order valence-electron chi connectivity index (χ3n) is 6.45. The summed E-state index contributed by atoms with van der Waals surface area (Å²) in [4.78, 5) is 33.8. The first-order chi connectivity index (χ1) is 16.4. The van der Waals surface area contributed by atoms with E-state index in [4.69, 9.17) is 0 Å². The lowest BCUT2D eigenvalue weighted by molar-refractivity contribution is -0.138. The van der Waals surface area contributed by atoms with Crippen LogP contribution in [0, 0.1) is 0 Å². The molecule has 5 heterocycles. The van der Waals surface area contributed by atoms with Crippen LogP contribution >= 0.6 is 0 Å². The van der Waals surface area contributed by atoms with E-state index in [1.54, 1.807) is 11.0 Å². The zero-order chi connectivity index (χ0) is 23.4. The van der Waals surface area contributed by atoms with E-state index in [1.807, 2.05) is 6.07 Å². The van der Waals surface area contributed by atoms with Crippen LogP contribution in [0.4, 0.5) is 35.3 Å². The molecule has 0 unspecified atom stereocenters.